The van der Waals surface area contributed by atoms with Gasteiger partial charge in [-0.1, -0.05) is 63.4 Å². The largest absolute Gasteiger partial charge is 0.207 e. The molecule has 0 aliphatic heterocycles. The predicted molar refractivity (Wildman–Crippen MR) is 80.0 cm³/mol. The van der Waals surface area contributed by atoms with Gasteiger partial charge >= 0.3 is 0 Å². The Balaban J connectivity index is 3.10. The molecule has 0 nitrogen and oxygen atoms in total. The lowest BCUT2D eigenvalue weighted by atomic mass is 9.76. The Morgan fingerprint density at radius 2 is 1.88 bits per heavy atom. The van der Waals surface area contributed by atoms with Gasteiger partial charge in [0.1, 0.15) is 5.82 Å². The van der Waals surface area contributed by atoms with Gasteiger partial charge in [0.15, 0.2) is 0 Å². The van der Waals surface area contributed by atoms with Crippen molar-refractivity contribution in [3.8, 4) is 0 Å². The van der Waals surface area contributed by atoms with E-state index >= 15 is 0 Å². The van der Waals surface area contributed by atoms with Crippen LogP contribution < -0.4 is 0 Å². The summed E-state index contributed by atoms with van der Waals surface area (Å²) in [5.41, 5.74) is 0.591. The highest BCUT2D eigenvalue weighted by atomic mass is 79.9. The lowest BCUT2D eigenvalue weighted by Gasteiger charge is -2.35. The number of alkyl halides is 2. The van der Waals surface area contributed by atoms with Crippen molar-refractivity contribution in [1.82, 2.24) is 0 Å². The van der Waals surface area contributed by atoms with Crippen molar-refractivity contribution in [2.45, 2.75) is 20.3 Å². The highest BCUT2D eigenvalue weighted by Gasteiger charge is 2.33. The molecule has 0 aliphatic rings. The van der Waals surface area contributed by atoms with Gasteiger partial charge in [0, 0.05) is 21.2 Å². The third-order valence-corrected chi connectivity index (χ3v) is 5.94. The van der Waals surface area contributed by atoms with E-state index in [0.29, 0.717) is 22.9 Å². The zero-order valence-corrected chi connectivity index (χ0v) is 13.9. The first-order chi connectivity index (χ1) is 7.96. The predicted octanol–water partition coefficient (Wildman–Crippen LogP) is 5.45. The van der Waals surface area contributed by atoms with Crippen LogP contribution in [-0.4, -0.2) is 10.7 Å². The fourth-order valence-electron chi connectivity index (χ4n) is 1.70. The third kappa shape index (κ3) is 3.45. The molecule has 0 heterocycles. The van der Waals surface area contributed by atoms with E-state index in [4.69, 9.17) is 11.6 Å². The Morgan fingerprint density at radius 3 is 2.29 bits per heavy atom. The van der Waals surface area contributed by atoms with Crippen LogP contribution in [0.4, 0.5) is 4.39 Å². The van der Waals surface area contributed by atoms with E-state index in [2.05, 4.69) is 45.7 Å². The average molecular weight is 387 g/mol. The summed E-state index contributed by atoms with van der Waals surface area (Å²) in [6, 6.07) is 4.85. The lowest BCUT2D eigenvalue weighted by molar-refractivity contribution is 0.265. The molecular formula is C13H16Br2ClF. The second-order valence-corrected chi connectivity index (χ2v) is 6.19. The fourth-order valence-corrected chi connectivity index (χ4v) is 4.55. The molecule has 0 fully saturated rings. The van der Waals surface area contributed by atoms with E-state index in [1.54, 1.807) is 12.1 Å². The topological polar surface area (TPSA) is 0 Å². The van der Waals surface area contributed by atoms with Crippen molar-refractivity contribution >= 4 is 43.5 Å². The first kappa shape index (κ1) is 15.5. The van der Waals surface area contributed by atoms with Gasteiger partial charge in [-0.25, -0.2) is 4.39 Å². The quantitative estimate of drug-likeness (QED) is 0.590. The maximum Gasteiger partial charge on any atom is 0.127 e. The van der Waals surface area contributed by atoms with Crippen LogP contribution in [0.2, 0.25) is 5.02 Å². The molecule has 0 unspecified atom stereocenters. The highest BCUT2D eigenvalue weighted by Crippen LogP contribution is 2.38. The minimum Gasteiger partial charge on any atom is -0.207 e. The van der Waals surface area contributed by atoms with Crippen LogP contribution in [0.25, 0.3) is 0 Å². The van der Waals surface area contributed by atoms with Crippen molar-refractivity contribution in [3.63, 3.8) is 0 Å². The zero-order chi connectivity index (χ0) is 13.1. The summed E-state index contributed by atoms with van der Waals surface area (Å²) < 4.78 is 13.8. The van der Waals surface area contributed by atoms with E-state index in [9.17, 15) is 4.39 Å². The molecule has 0 aliphatic carbocycles. The molecule has 1 aromatic carbocycles. The summed E-state index contributed by atoms with van der Waals surface area (Å²) in [5, 5.41) is 2.14. The Bertz CT molecular complexity index is 355. The third-order valence-electron chi connectivity index (χ3n) is 3.35. The van der Waals surface area contributed by atoms with Gasteiger partial charge in [-0.2, -0.15) is 0 Å². The molecule has 1 aromatic rings. The summed E-state index contributed by atoms with van der Waals surface area (Å²) >= 11 is 13.2. The maximum atomic E-state index is 13.8. The van der Waals surface area contributed by atoms with Gasteiger partial charge in [0.25, 0.3) is 0 Å². The molecule has 0 bridgehead atoms. The van der Waals surface area contributed by atoms with E-state index < -0.39 is 0 Å². The standard InChI is InChI=1S/C13H16Br2ClF/c1-9(2)13(7-14,8-15)6-10-11(16)4-3-5-12(10)17/h3-5,9H,6-8H2,1-2H3. The number of benzene rings is 1. The molecule has 0 N–H and O–H groups in total. The van der Waals surface area contributed by atoms with Crippen LogP contribution in [0.3, 0.4) is 0 Å². The van der Waals surface area contributed by atoms with E-state index in [1.807, 2.05) is 0 Å². The van der Waals surface area contributed by atoms with Crippen molar-refractivity contribution in [2.24, 2.45) is 11.3 Å². The molecule has 96 valence electrons. The first-order valence-electron chi connectivity index (χ1n) is 5.51. The summed E-state index contributed by atoms with van der Waals surface area (Å²) in [5.74, 6) is 0.210. The van der Waals surface area contributed by atoms with E-state index in [1.165, 1.54) is 6.07 Å². The summed E-state index contributed by atoms with van der Waals surface area (Å²) in [6.45, 7) is 4.30. The average Bonchev–Trinajstić information content (AvgIpc) is 2.29. The molecule has 1 rings (SSSR count). The molecule has 0 amide bonds. The molecule has 4 heteroatoms. The van der Waals surface area contributed by atoms with Gasteiger partial charge in [0.05, 0.1) is 0 Å². The molecule has 0 spiro atoms. The van der Waals surface area contributed by atoms with Crippen LogP contribution in [0.1, 0.15) is 19.4 Å². The SMILES string of the molecule is CC(C)C(CBr)(CBr)Cc1c(F)cccc1Cl. The minimum absolute atomic E-state index is 0.0220. The number of rotatable bonds is 5. The maximum absolute atomic E-state index is 13.8. The smallest absolute Gasteiger partial charge is 0.127 e. The minimum atomic E-state index is -0.218. The summed E-state index contributed by atoms with van der Waals surface area (Å²) in [7, 11) is 0. The number of halogens is 4. The van der Waals surface area contributed by atoms with Gasteiger partial charge in [-0.3, -0.25) is 0 Å². The van der Waals surface area contributed by atoms with Gasteiger partial charge in [-0.15, -0.1) is 0 Å². The van der Waals surface area contributed by atoms with Crippen molar-refractivity contribution in [1.29, 1.82) is 0 Å². The molecule has 17 heavy (non-hydrogen) atoms. The number of hydrogen-bond donors (Lipinski definition) is 0. The second-order valence-electron chi connectivity index (χ2n) is 4.66. The van der Waals surface area contributed by atoms with E-state index in [0.717, 1.165) is 10.7 Å². The molecule has 0 atom stereocenters. The van der Waals surface area contributed by atoms with Crippen molar-refractivity contribution in [2.75, 3.05) is 10.7 Å². The normalized spacial score (nSPS) is 12.2. The van der Waals surface area contributed by atoms with Crippen LogP contribution in [0.5, 0.6) is 0 Å². The van der Waals surface area contributed by atoms with Crippen molar-refractivity contribution in [3.05, 3.63) is 34.6 Å². The van der Waals surface area contributed by atoms with E-state index in [-0.39, 0.29) is 11.2 Å². The zero-order valence-electron chi connectivity index (χ0n) is 9.94. The Labute approximate surface area is 124 Å². The van der Waals surface area contributed by atoms with Crippen LogP contribution in [0, 0.1) is 17.2 Å². The van der Waals surface area contributed by atoms with Gasteiger partial charge < -0.3 is 0 Å². The molecule has 0 aromatic heterocycles. The molecule has 0 radical (unpaired) electrons. The van der Waals surface area contributed by atoms with Gasteiger partial charge in [-0.05, 0) is 29.9 Å². The van der Waals surface area contributed by atoms with Crippen LogP contribution in [0.15, 0.2) is 18.2 Å². The van der Waals surface area contributed by atoms with Crippen LogP contribution >= 0.6 is 43.5 Å². The molecule has 0 saturated heterocycles. The fraction of sp³-hybridized carbons (Fsp3) is 0.538. The Morgan fingerprint density at radius 1 is 1.29 bits per heavy atom. The lowest BCUT2D eigenvalue weighted by Crippen LogP contribution is -2.34. The monoisotopic (exact) mass is 384 g/mol. The van der Waals surface area contributed by atoms with Crippen LogP contribution in [-0.2, 0) is 6.42 Å². The second kappa shape index (κ2) is 6.53. The summed E-state index contributed by atoms with van der Waals surface area (Å²) in [6.07, 6.45) is 0.632. The Hall–Kier alpha value is 0.400. The van der Waals surface area contributed by atoms with Crippen molar-refractivity contribution < 1.29 is 4.39 Å². The molecule has 0 saturated carbocycles. The molecular weight excluding hydrogens is 370 g/mol. The first-order valence-corrected chi connectivity index (χ1v) is 8.13. The van der Waals surface area contributed by atoms with Gasteiger partial charge in [0.2, 0.25) is 0 Å². The highest BCUT2D eigenvalue weighted by molar-refractivity contribution is 9.09. The summed E-state index contributed by atoms with van der Waals surface area (Å²) in [4.78, 5) is 0. The number of hydrogen-bond acceptors (Lipinski definition) is 0. The Kier molecular flexibility index (Phi) is 5.94.